The Kier molecular flexibility index (Phi) is 8.00. The number of hydrogen-bond acceptors (Lipinski definition) is 2. The molecule has 4 heterocycles. The maximum atomic E-state index is 5.63. The summed E-state index contributed by atoms with van der Waals surface area (Å²) in [6.07, 6.45) is 0. The third kappa shape index (κ3) is 5.47. The van der Waals surface area contributed by atoms with Crippen molar-refractivity contribution in [2.45, 2.75) is 0 Å². The highest BCUT2D eigenvalue weighted by atomic mass is 15.2. The molecule has 0 fully saturated rings. The number of benzene rings is 11. The smallest absolute Gasteiger partial charge is 0.235 e. The molecule has 0 radical (unpaired) electrons. The molecule has 320 valence electrons. The maximum absolute atomic E-state index is 5.63. The molecule has 0 aliphatic heterocycles. The first-order valence-electron chi connectivity index (χ1n) is 23.6. The summed E-state index contributed by atoms with van der Waals surface area (Å²) in [4.78, 5) is 11.1. The summed E-state index contributed by atoms with van der Waals surface area (Å²) >= 11 is 0. The van der Waals surface area contributed by atoms with Crippen LogP contribution in [0.5, 0.6) is 0 Å². The van der Waals surface area contributed by atoms with E-state index < -0.39 is 0 Å². The van der Waals surface area contributed by atoms with E-state index in [9.17, 15) is 0 Å². The molecule has 0 spiro atoms. The van der Waals surface area contributed by atoms with Crippen molar-refractivity contribution in [3.63, 3.8) is 0 Å². The van der Waals surface area contributed by atoms with Gasteiger partial charge >= 0.3 is 0 Å². The Labute approximate surface area is 396 Å². The van der Waals surface area contributed by atoms with Crippen molar-refractivity contribution in [1.82, 2.24) is 23.7 Å². The number of para-hydroxylation sites is 6. The van der Waals surface area contributed by atoms with Crippen LogP contribution < -0.4 is 0 Å². The van der Waals surface area contributed by atoms with Crippen LogP contribution in [0.2, 0.25) is 0 Å². The van der Waals surface area contributed by atoms with Crippen molar-refractivity contribution in [2.75, 3.05) is 0 Å². The minimum atomic E-state index is 0.639. The zero-order chi connectivity index (χ0) is 45.2. The first kappa shape index (κ1) is 37.9. The fourth-order valence-electron chi connectivity index (χ4n) is 11.5. The van der Waals surface area contributed by atoms with Crippen molar-refractivity contribution in [2.24, 2.45) is 0 Å². The molecule has 11 aromatic carbocycles. The molecule has 5 heteroatoms. The minimum absolute atomic E-state index is 0.639. The number of fused-ring (bicyclic) bond motifs is 14. The Bertz CT molecular complexity index is 4600. The van der Waals surface area contributed by atoms with Gasteiger partial charge in [-0.15, -0.1) is 0 Å². The van der Waals surface area contributed by atoms with Gasteiger partial charge in [0.05, 0.1) is 44.3 Å². The van der Waals surface area contributed by atoms with Crippen LogP contribution in [0.3, 0.4) is 0 Å². The molecular weight excluding hydrogens is 839 g/mol. The van der Waals surface area contributed by atoms with Gasteiger partial charge in [-0.2, -0.15) is 0 Å². The molecule has 4 aromatic heterocycles. The second-order valence-electron chi connectivity index (χ2n) is 18.1. The molecule has 69 heavy (non-hydrogen) atoms. The summed E-state index contributed by atoms with van der Waals surface area (Å²) in [5.41, 5.74) is 14.4. The van der Waals surface area contributed by atoms with E-state index >= 15 is 0 Å². The Morgan fingerprint density at radius 2 is 0.681 bits per heavy atom. The lowest BCUT2D eigenvalue weighted by molar-refractivity contribution is 1.02. The standard InChI is InChI=1S/C64H39N5/c1-3-19-41(20-4-1)67-57-32-16-12-25-45(57)53-37-40(35-36-60(53)67)61-50-30-11-15-31-56(50)65-64(66-61)69-59-34-18-14-27-47(59)55-39-52(44-24-8-10-29-49(44)63(55)69)51-38-54-46-26-13-17-33-58(46)68(42-21-5-2-6-22-42)62(54)48-28-9-7-23-43(48)51/h1-39H. The molecular formula is C64H39N5. The second kappa shape index (κ2) is 14.6. The fraction of sp³-hybridized carbons (Fsp3) is 0. The van der Waals surface area contributed by atoms with Crippen LogP contribution in [0, 0.1) is 0 Å². The van der Waals surface area contributed by atoms with Crippen LogP contribution in [0.15, 0.2) is 237 Å². The Hall–Kier alpha value is -9.32. The number of nitrogens with zero attached hydrogens (tertiary/aromatic N) is 5. The Balaban J connectivity index is 1.000. The molecule has 0 saturated carbocycles. The molecule has 0 amide bonds. The molecule has 15 rings (SSSR count). The highest BCUT2D eigenvalue weighted by Crippen LogP contribution is 2.46. The third-order valence-electron chi connectivity index (χ3n) is 14.4. The zero-order valence-electron chi connectivity index (χ0n) is 37.3. The van der Waals surface area contributed by atoms with E-state index in [-0.39, 0.29) is 0 Å². The zero-order valence-corrected chi connectivity index (χ0v) is 37.3. The molecule has 0 aliphatic rings. The lowest BCUT2D eigenvalue weighted by atomic mass is 9.90. The summed E-state index contributed by atoms with van der Waals surface area (Å²) in [5, 5.41) is 12.9. The summed E-state index contributed by atoms with van der Waals surface area (Å²) in [7, 11) is 0. The molecule has 15 aromatic rings. The van der Waals surface area contributed by atoms with Crippen molar-refractivity contribution >= 4 is 97.9 Å². The normalized spacial score (nSPS) is 12.1. The van der Waals surface area contributed by atoms with Crippen molar-refractivity contribution in [3.8, 4) is 39.7 Å². The number of aromatic nitrogens is 5. The molecule has 5 nitrogen and oxygen atoms in total. The molecule has 0 saturated heterocycles. The summed E-state index contributed by atoms with van der Waals surface area (Å²) < 4.78 is 7.10. The number of rotatable bonds is 5. The van der Waals surface area contributed by atoms with Gasteiger partial charge in [0.1, 0.15) is 0 Å². The topological polar surface area (TPSA) is 40.6 Å². The van der Waals surface area contributed by atoms with Gasteiger partial charge in [0.15, 0.2) is 0 Å². The predicted molar refractivity (Wildman–Crippen MR) is 288 cm³/mol. The Morgan fingerprint density at radius 3 is 1.28 bits per heavy atom. The van der Waals surface area contributed by atoms with Crippen molar-refractivity contribution < 1.29 is 0 Å². The van der Waals surface area contributed by atoms with Gasteiger partial charge in [-0.1, -0.05) is 164 Å². The van der Waals surface area contributed by atoms with E-state index in [0.717, 1.165) is 66.2 Å². The second-order valence-corrected chi connectivity index (χ2v) is 18.1. The predicted octanol–water partition coefficient (Wildman–Crippen LogP) is 16.6. The largest absolute Gasteiger partial charge is 0.309 e. The molecule has 0 bridgehead atoms. The van der Waals surface area contributed by atoms with Crippen LogP contribution in [-0.2, 0) is 0 Å². The third-order valence-corrected chi connectivity index (χ3v) is 14.4. The first-order chi connectivity index (χ1) is 34.3. The molecule has 0 atom stereocenters. The fourth-order valence-corrected chi connectivity index (χ4v) is 11.5. The average Bonchev–Trinajstić information content (AvgIpc) is 4.06. The van der Waals surface area contributed by atoms with E-state index in [1.54, 1.807) is 0 Å². The van der Waals surface area contributed by atoms with E-state index in [1.165, 1.54) is 65.4 Å². The van der Waals surface area contributed by atoms with Crippen LogP contribution in [0.1, 0.15) is 0 Å². The molecule has 0 aliphatic carbocycles. The SMILES string of the molecule is c1ccc(-n2c3ccccc3c3cc(-c4nc(-n5c6ccccc6c6cc(-c7cc8c9ccccc9n(-c9ccccc9)c8c8ccccc78)c7ccccc7c65)nc5ccccc45)ccc32)cc1. The lowest BCUT2D eigenvalue weighted by Crippen LogP contribution is -2.04. The van der Waals surface area contributed by atoms with Gasteiger partial charge in [0.2, 0.25) is 5.95 Å². The highest BCUT2D eigenvalue weighted by molar-refractivity contribution is 6.27. The molecule has 0 unspecified atom stereocenters. The molecule has 0 N–H and O–H groups in total. The van der Waals surface area contributed by atoms with Crippen molar-refractivity contribution in [1.29, 1.82) is 0 Å². The quantitative estimate of drug-likeness (QED) is 0.173. The van der Waals surface area contributed by atoms with Gasteiger partial charge in [-0.25, -0.2) is 9.97 Å². The summed E-state index contributed by atoms with van der Waals surface area (Å²) in [6, 6.07) is 85.6. The average molecular weight is 878 g/mol. The minimum Gasteiger partial charge on any atom is -0.309 e. The van der Waals surface area contributed by atoms with E-state index in [4.69, 9.17) is 9.97 Å². The van der Waals surface area contributed by atoms with E-state index in [1.807, 2.05) is 0 Å². The van der Waals surface area contributed by atoms with Crippen LogP contribution in [-0.4, -0.2) is 23.7 Å². The van der Waals surface area contributed by atoms with Gasteiger partial charge < -0.3 is 9.13 Å². The van der Waals surface area contributed by atoms with Gasteiger partial charge in [0, 0.05) is 65.4 Å². The van der Waals surface area contributed by atoms with E-state index in [0.29, 0.717) is 5.95 Å². The van der Waals surface area contributed by atoms with Gasteiger partial charge in [0.25, 0.3) is 0 Å². The van der Waals surface area contributed by atoms with E-state index in [2.05, 4.69) is 250 Å². The highest BCUT2D eigenvalue weighted by Gasteiger charge is 2.24. The van der Waals surface area contributed by atoms with Crippen LogP contribution >= 0.6 is 0 Å². The van der Waals surface area contributed by atoms with Crippen LogP contribution in [0.4, 0.5) is 0 Å². The number of hydrogen-bond donors (Lipinski definition) is 0. The Morgan fingerprint density at radius 1 is 0.261 bits per heavy atom. The van der Waals surface area contributed by atoms with Gasteiger partial charge in [-0.3, -0.25) is 4.57 Å². The summed E-state index contributed by atoms with van der Waals surface area (Å²) in [5.74, 6) is 0.639. The maximum Gasteiger partial charge on any atom is 0.235 e. The first-order valence-corrected chi connectivity index (χ1v) is 23.6. The summed E-state index contributed by atoms with van der Waals surface area (Å²) in [6.45, 7) is 0. The monoisotopic (exact) mass is 877 g/mol. The van der Waals surface area contributed by atoms with Crippen LogP contribution in [0.25, 0.3) is 138 Å². The van der Waals surface area contributed by atoms with Gasteiger partial charge in [-0.05, 0) is 94.7 Å². The van der Waals surface area contributed by atoms with Crippen molar-refractivity contribution in [3.05, 3.63) is 237 Å². The lowest BCUT2D eigenvalue weighted by Gasteiger charge is -2.16.